The fourth-order valence-electron chi connectivity index (χ4n) is 1.68. The van der Waals surface area contributed by atoms with E-state index in [4.69, 9.17) is 0 Å². The highest BCUT2D eigenvalue weighted by atomic mass is 15.0. The third-order valence-corrected chi connectivity index (χ3v) is 2.47. The van der Waals surface area contributed by atoms with Crippen LogP contribution in [0.1, 0.15) is 32.6 Å². The number of nitrogens with zero attached hydrogens (tertiary/aromatic N) is 1. The molecule has 1 saturated heterocycles. The van der Waals surface area contributed by atoms with Gasteiger partial charge in [0.05, 0.1) is 0 Å². The van der Waals surface area contributed by atoms with E-state index >= 15 is 0 Å². The predicted octanol–water partition coefficient (Wildman–Crippen LogP) is 1.05. The average Bonchev–Trinajstić information content (AvgIpc) is 1.84. The van der Waals surface area contributed by atoms with Gasteiger partial charge in [0.1, 0.15) is 0 Å². The molecule has 0 aromatic heterocycles. The molecule has 1 nitrogen and oxygen atoms in total. The van der Waals surface area contributed by atoms with E-state index in [1.54, 1.807) is 0 Å². The van der Waals surface area contributed by atoms with Crippen molar-refractivity contribution in [3.63, 3.8) is 0 Å². The minimum atomic E-state index is 0.980. The molecule has 0 unspecified atom stereocenters. The SMILES string of the molecule is BN1CCCC(C)CCC1. The first kappa shape index (κ1) is 8.12. The van der Waals surface area contributed by atoms with Crippen molar-refractivity contribution in [1.82, 2.24) is 4.81 Å². The largest absolute Gasteiger partial charge is 0.349 e. The molecule has 0 aromatic rings. The second-order valence-electron chi connectivity index (χ2n) is 3.69. The van der Waals surface area contributed by atoms with E-state index < -0.39 is 0 Å². The van der Waals surface area contributed by atoms with Crippen LogP contribution in [0.15, 0.2) is 0 Å². The van der Waals surface area contributed by atoms with E-state index in [0.29, 0.717) is 0 Å². The lowest BCUT2D eigenvalue weighted by Gasteiger charge is -2.22. The van der Waals surface area contributed by atoms with Crippen LogP contribution in [0.25, 0.3) is 0 Å². The fraction of sp³-hybridized carbons (Fsp3) is 1.00. The molecule has 0 spiro atoms. The molecular formula is C8H18BN. The van der Waals surface area contributed by atoms with Crippen LogP contribution in [-0.4, -0.2) is 25.9 Å². The van der Waals surface area contributed by atoms with Crippen LogP contribution in [0, 0.1) is 5.92 Å². The average molecular weight is 139 g/mol. The molecule has 1 heterocycles. The molecule has 1 rings (SSSR count). The fourth-order valence-corrected chi connectivity index (χ4v) is 1.68. The molecule has 1 aliphatic rings. The number of hydrogen-bond acceptors (Lipinski definition) is 1. The van der Waals surface area contributed by atoms with Gasteiger partial charge in [-0.15, -0.1) is 0 Å². The second kappa shape index (κ2) is 4.02. The quantitative estimate of drug-likeness (QED) is 0.453. The predicted molar refractivity (Wildman–Crippen MR) is 47.7 cm³/mol. The summed E-state index contributed by atoms with van der Waals surface area (Å²) in [4.78, 5) is 2.45. The van der Waals surface area contributed by atoms with Gasteiger partial charge < -0.3 is 4.81 Å². The summed E-state index contributed by atoms with van der Waals surface area (Å²) in [7, 11) is 2.23. The summed E-state index contributed by atoms with van der Waals surface area (Å²) in [6, 6.07) is 0. The number of hydrogen-bond donors (Lipinski definition) is 0. The maximum absolute atomic E-state index is 2.45. The first-order valence-electron chi connectivity index (χ1n) is 4.47. The van der Waals surface area contributed by atoms with E-state index in [9.17, 15) is 0 Å². The van der Waals surface area contributed by atoms with Gasteiger partial charge in [-0.3, -0.25) is 0 Å². The standard InChI is InChI=1S/C8H18BN/c1-8-4-2-6-10(9)7-3-5-8/h8H,2-7,9H2,1H3. The summed E-state index contributed by atoms with van der Waals surface area (Å²) in [5, 5.41) is 0. The Balaban J connectivity index is 2.21. The van der Waals surface area contributed by atoms with Gasteiger partial charge in [0.2, 0.25) is 0 Å². The third-order valence-electron chi connectivity index (χ3n) is 2.47. The minimum Gasteiger partial charge on any atom is -0.349 e. The zero-order chi connectivity index (χ0) is 7.40. The minimum absolute atomic E-state index is 0.980. The molecule has 0 saturated carbocycles. The summed E-state index contributed by atoms with van der Waals surface area (Å²) in [5.74, 6) is 0.980. The second-order valence-corrected chi connectivity index (χ2v) is 3.69. The van der Waals surface area contributed by atoms with Crippen molar-refractivity contribution in [2.24, 2.45) is 5.92 Å². The Labute approximate surface area is 65.2 Å². The van der Waals surface area contributed by atoms with Crippen molar-refractivity contribution < 1.29 is 0 Å². The number of rotatable bonds is 0. The normalized spacial score (nSPS) is 25.7. The van der Waals surface area contributed by atoms with E-state index in [1.807, 2.05) is 0 Å². The maximum Gasteiger partial charge on any atom is 0.185 e. The van der Waals surface area contributed by atoms with Gasteiger partial charge in [0, 0.05) is 0 Å². The molecule has 58 valence electrons. The van der Waals surface area contributed by atoms with Crippen LogP contribution < -0.4 is 0 Å². The van der Waals surface area contributed by atoms with Crippen LogP contribution in [0.2, 0.25) is 0 Å². The van der Waals surface area contributed by atoms with Gasteiger partial charge in [-0.25, -0.2) is 0 Å². The molecular weight excluding hydrogens is 121 g/mol. The van der Waals surface area contributed by atoms with Gasteiger partial charge in [-0.05, 0) is 44.7 Å². The molecule has 0 atom stereocenters. The molecule has 0 aromatic carbocycles. The van der Waals surface area contributed by atoms with Crippen molar-refractivity contribution >= 4 is 7.98 Å². The smallest absolute Gasteiger partial charge is 0.185 e. The van der Waals surface area contributed by atoms with Crippen molar-refractivity contribution in [2.45, 2.75) is 32.6 Å². The Morgan fingerprint density at radius 1 is 1.20 bits per heavy atom. The molecule has 0 bridgehead atoms. The van der Waals surface area contributed by atoms with E-state index in [1.165, 1.54) is 38.8 Å². The van der Waals surface area contributed by atoms with Crippen LogP contribution in [0.4, 0.5) is 0 Å². The first-order valence-corrected chi connectivity index (χ1v) is 4.47. The van der Waals surface area contributed by atoms with Gasteiger partial charge in [0.15, 0.2) is 7.98 Å². The van der Waals surface area contributed by atoms with Crippen LogP contribution in [-0.2, 0) is 0 Å². The lowest BCUT2D eigenvalue weighted by atomic mass is 9.96. The summed E-state index contributed by atoms with van der Waals surface area (Å²) < 4.78 is 0. The molecule has 2 heteroatoms. The van der Waals surface area contributed by atoms with Crippen molar-refractivity contribution in [3.8, 4) is 0 Å². The molecule has 0 amide bonds. The highest BCUT2D eigenvalue weighted by Crippen LogP contribution is 2.15. The topological polar surface area (TPSA) is 3.24 Å². The maximum atomic E-state index is 2.45. The van der Waals surface area contributed by atoms with Gasteiger partial charge in [-0.1, -0.05) is 6.92 Å². The van der Waals surface area contributed by atoms with Gasteiger partial charge >= 0.3 is 0 Å². The monoisotopic (exact) mass is 139 g/mol. The van der Waals surface area contributed by atoms with E-state index in [-0.39, 0.29) is 0 Å². The van der Waals surface area contributed by atoms with Crippen molar-refractivity contribution in [1.29, 1.82) is 0 Å². The molecule has 0 radical (unpaired) electrons. The Morgan fingerprint density at radius 2 is 1.70 bits per heavy atom. The summed E-state index contributed by atoms with van der Waals surface area (Å²) >= 11 is 0. The Bertz CT molecular complexity index is 75.3. The van der Waals surface area contributed by atoms with E-state index in [2.05, 4.69) is 19.7 Å². The molecule has 1 fully saturated rings. The van der Waals surface area contributed by atoms with Crippen LogP contribution >= 0.6 is 0 Å². The lowest BCUT2D eigenvalue weighted by molar-refractivity contribution is 0.337. The van der Waals surface area contributed by atoms with Gasteiger partial charge in [-0.2, -0.15) is 0 Å². The molecule has 0 N–H and O–H groups in total. The Kier molecular flexibility index (Phi) is 3.27. The Morgan fingerprint density at radius 3 is 2.20 bits per heavy atom. The lowest BCUT2D eigenvalue weighted by Crippen LogP contribution is -2.25. The van der Waals surface area contributed by atoms with Crippen LogP contribution in [0.5, 0.6) is 0 Å². The summed E-state index contributed by atoms with van der Waals surface area (Å²) in [5.41, 5.74) is 0. The molecule has 10 heavy (non-hydrogen) atoms. The third kappa shape index (κ3) is 2.74. The van der Waals surface area contributed by atoms with Gasteiger partial charge in [0.25, 0.3) is 0 Å². The molecule has 1 aliphatic heterocycles. The highest BCUT2D eigenvalue weighted by molar-refractivity contribution is 6.04. The van der Waals surface area contributed by atoms with Crippen molar-refractivity contribution in [2.75, 3.05) is 13.1 Å². The van der Waals surface area contributed by atoms with E-state index in [0.717, 1.165) is 5.92 Å². The molecule has 0 aliphatic carbocycles. The summed E-state index contributed by atoms with van der Waals surface area (Å²) in [6.07, 6.45) is 5.67. The van der Waals surface area contributed by atoms with Crippen molar-refractivity contribution in [3.05, 3.63) is 0 Å². The zero-order valence-electron chi connectivity index (χ0n) is 7.27. The first-order chi connectivity index (χ1) is 4.79. The summed E-state index contributed by atoms with van der Waals surface area (Å²) in [6.45, 7) is 5.00. The zero-order valence-corrected chi connectivity index (χ0v) is 7.27. The highest BCUT2D eigenvalue weighted by Gasteiger charge is 2.07. The Hall–Kier alpha value is 0.0249. The van der Waals surface area contributed by atoms with Crippen LogP contribution in [0.3, 0.4) is 0 Å².